The number of anilines is 3. The van der Waals surface area contributed by atoms with Crippen LogP contribution in [0.1, 0.15) is 0 Å². The smallest absolute Gasteiger partial charge is 0.137 e. The fraction of sp³-hybridized carbons (Fsp3) is 0. The first kappa shape index (κ1) is 18.2. The molecule has 0 atom stereocenters. The average molecular weight is 421 g/mol. The van der Waals surface area contributed by atoms with E-state index in [2.05, 4.69) is 108 Å². The van der Waals surface area contributed by atoms with Crippen molar-refractivity contribution < 1.29 is 0 Å². The van der Waals surface area contributed by atoms with E-state index in [1.54, 1.807) is 0 Å². The molecule has 0 radical (unpaired) electrons. The molecular formula is C31H20N2. The highest BCUT2D eigenvalue weighted by Crippen LogP contribution is 2.45. The number of hydrogen-bond acceptors (Lipinski definition) is 2. The Hall–Kier alpha value is -4.43. The van der Waals surface area contributed by atoms with E-state index in [-0.39, 0.29) is 0 Å². The number of pyridine rings is 1. The lowest BCUT2D eigenvalue weighted by Crippen LogP contribution is -2.11. The maximum Gasteiger partial charge on any atom is 0.137 e. The third-order valence-electron chi connectivity index (χ3n) is 6.64. The van der Waals surface area contributed by atoms with Crippen LogP contribution < -0.4 is 4.90 Å². The zero-order valence-electron chi connectivity index (χ0n) is 17.9. The van der Waals surface area contributed by atoms with Gasteiger partial charge in [-0.05, 0) is 68.0 Å². The minimum Gasteiger partial charge on any atom is -0.294 e. The van der Waals surface area contributed by atoms with Gasteiger partial charge in [0.2, 0.25) is 0 Å². The molecule has 0 spiro atoms. The second-order valence-corrected chi connectivity index (χ2v) is 8.43. The second kappa shape index (κ2) is 7.04. The molecule has 7 aromatic rings. The molecule has 7 rings (SSSR count). The van der Waals surface area contributed by atoms with Crippen LogP contribution in [0.2, 0.25) is 0 Å². The standard InChI is InChI=1S/C31H20N2/c1-2-11-22(12-3-1)33(29-17-4-5-20-32-29)28-19-18-26-24-14-7-10-21-9-6-13-23(30(21)24)25-15-8-16-27(28)31(25)26/h1-20H. The molecule has 0 bridgehead atoms. The van der Waals surface area contributed by atoms with Crippen molar-refractivity contribution in [1.82, 2.24) is 4.98 Å². The van der Waals surface area contributed by atoms with Crippen LogP contribution in [0.15, 0.2) is 121 Å². The predicted octanol–water partition coefficient (Wildman–Crippen LogP) is 8.60. The first-order valence-electron chi connectivity index (χ1n) is 11.2. The summed E-state index contributed by atoms with van der Waals surface area (Å²) in [7, 11) is 0. The van der Waals surface area contributed by atoms with Crippen LogP contribution in [0.3, 0.4) is 0 Å². The summed E-state index contributed by atoms with van der Waals surface area (Å²) in [5, 5.41) is 10.4. The third-order valence-corrected chi connectivity index (χ3v) is 6.64. The maximum absolute atomic E-state index is 4.71. The lowest BCUT2D eigenvalue weighted by atomic mass is 9.89. The van der Waals surface area contributed by atoms with Crippen molar-refractivity contribution in [2.24, 2.45) is 0 Å². The van der Waals surface area contributed by atoms with Gasteiger partial charge in [-0.3, -0.25) is 4.90 Å². The van der Waals surface area contributed by atoms with Crippen LogP contribution in [-0.4, -0.2) is 4.98 Å². The highest BCUT2D eigenvalue weighted by molar-refractivity contribution is 6.34. The quantitative estimate of drug-likeness (QED) is 0.210. The summed E-state index contributed by atoms with van der Waals surface area (Å²) in [5.74, 6) is 0.905. The van der Waals surface area contributed by atoms with Crippen LogP contribution in [-0.2, 0) is 0 Å². The zero-order valence-corrected chi connectivity index (χ0v) is 17.9. The van der Waals surface area contributed by atoms with E-state index in [9.17, 15) is 0 Å². The Bertz CT molecular complexity index is 1670. The van der Waals surface area contributed by atoms with Crippen molar-refractivity contribution in [3.63, 3.8) is 0 Å². The SMILES string of the molecule is c1ccc(N(c2ccccn2)c2ccc3c4cccc5cccc(c6cccc2c63)c54)cc1. The molecule has 1 heterocycles. The van der Waals surface area contributed by atoms with Gasteiger partial charge in [0.05, 0.1) is 5.69 Å². The molecule has 0 aliphatic rings. The number of aromatic nitrogens is 1. The molecular weight excluding hydrogens is 400 g/mol. The molecule has 0 unspecified atom stereocenters. The van der Waals surface area contributed by atoms with Gasteiger partial charge >= 0.3 is 0 Å². The zero-order chi connectivity index (χ0) is 21.8. The summed E-state index contributed by atoms with van der Waals surface area (Å²) in [6.45, 7) is 0. The van der Waals surface area contributed by atoms with Crippen LogP contribution >= 0.6 is 0 Å². The van der Waals surface area contributed by atoms with E-state index in [0.29, 0.717) is 0 Å². The molecule has 2 nitrogen and oxygen atoms in total. The van der Waals surface area contributed by atoms with Gasteiger partial charge < -0.3 is 0 Å². The molecule has 0 saturated heterocycles. The fourth-order valence-corrected chi connectivity index (χ4v) is 5.28. The van der Waals surface area contributed by atoms with Gasteiger partial charge in [-0.1, -0.05) is 84.9 Å². The Kier molecular flexibility index (Phi) is 3.88. The topological polar surface area (TPSA) is 16.1 Å². The van der Waals surface area contributed by atoms with E-state index in [4.69, 9.17) is 4.98 Å². The lowest BCUT2D eigenvalue weighted by molar-refractivity contribution is 1.19. The van der Waals surface area contributed by atoms with Crippen molar-refractivity contribution in [2.45, 2.75) is 0 Å². The molecule has 0 saturated carbocycles. The van der Waals surface area contributed by atoms with Gasteiger partial charge in [0.1, 0.15) is 5.82 Å². The number of hydrogen-bond donors (Lipinski definition) is 0. The maximum atomic E-state index is 4.71. The van der Waals surface area contributed by atoms with E-state index in [1.807, 2.05) is 18.3 Å². The molecule has 0 amide bonds. The van der Waals surface area contributed by atoms with Gasteiger partial charge in [0, 0.05) is 17.3 Å². The lowest BCUT2D eigenvalue weighted by Gasteiger charge is -2.26. The van der Waals surface area contributed by atoms with Gasteiger partial charge in [-0.2, -0.15) is 0 Å². The van der Waals surface area contributed by atoms with Crippen molar-refractivity contribution in [2.75, 3.05) is 4.90 Å². The number of benzene rings is 6. The largest absolute Gasteiger partial charge is 0.294 e. The molecule has 1 aromatic heterocycles. The molecule has 0 aliphatic heterocycles. The molecule has 0 aliphatic carbocycles. The summed E-state index contributed by atoms with van der Waals surface area (Å²) in [4.78, 5) is 6.96. The van der Waals surface area contributed by atoms with E-state index >= 15 is 0 Å². The van der Waals surface area contributed by atoms with Gasteiger partial charge in [-0.25, -0.2) is 4.98 Å². The van der Waals surface area contributed by atoms with Crippen LogP contribution in [0.25, 0.3) is 43.1 Å². The minimum absolute atomic E-state index is 0.905. The molecule has 0 fully saturated rings. The van der Waals surface area contributed by atoms with Crippen LogP contribution in [0.5, 0.6) is 0 Å². The number of nitrogens with zero attached hydrogens (tertiary/aromatic N) is 2. The molecule has 2 heteroatoms. The van der Waals surface area contributed by atoms with Gasteiger partial charge in [0.25, 0.3) is 0 Å². The number of para-hydroxylation sites is 1. The van der Waals surface area contributed by atoms with Crippen LogP contribution in [0, 0.1) is 0 Å². The normalized spacial score (nSPS) is 11.6. The van der Waals surface area contributed by atoms with Crippen molar-refractivity contribution >= 4 is 60.3 Å². The first-order chi connectivity index (χ1) is 16.4. The Balaban J connectivity index is 1.64. The first-order valence-corrected chi connectivity index (χ1v) is 11.2. The highest BCUT2D eigenvalue weighted by atomic mass is 15.2. The van der Waals surface area contributed by atoms with Crippen molar-refractivity contribution in [1.29, 1.82) is 0 Å². The molecule has 0 N–H and O–H groups in total. The number of rotatable bonds is 3. The van der Waals surface area contributed by atoms with Crippen molar-refractivity contribution in [3.05, 3.63) is 121 Å². The predicted molar refractivity (Wildman–Crippen MR) is 140 cm³/mol. The summed E-state index contributed by atoms with van der Waals surface area (Å²) in [5.41, 5.74) is 2.22. The van der Waals surface area contributed by atoms with Crippen molar-refractivity contribution in [3.8, 4) is 0 Å². The van der Waals surface area contributed by atoms with Crippen LogP contribution in [0.4, 0.5) is 17.2 Å². The Morgan fingerprint density at radius 3 is 1.82 bits per heavy atom. The minimum atomic E-state index is 0.905. The van der Waals surface area contributed by atoms with Gasteiger partial charge in [0.15, 0.2) is 0 Å². The van der Waals surface area contributed by atoms with E-state index < -0.39 is 0 Å². The molecule has 6 aromatic carbocycles. The second-order valence-electron chi connectivity index (χ2n) is 8.43. The monoisotopic (exact) mass is 420 g/mol. The Morgan fingerprint density at radius 1 is 0.455 bits per heavy atom. The van der Waals surface area contributed by atoms with E-state index in [1.165, 1.54) is 43.1 Å². The highest BCUT2D eigenvalue weighted by Gasteiger charge is 2.19. The molecule has 33 heavy (non-hydrogen) atoms. The summed E-state index contributed by atoms with van der Waals surface area (Å²) < 4.78 is 0. The van der Waals surface area contributed by atoms with Gasteiger partial charge in [-0.15, -0.1) is 0 Å². The fourth-order valence-electron chi connectivity index (χ4n) is 5.28. The summed E-state index contributed by atoms with van der Waals surface area (Å²) in [6, 6.07) is 41.0. The van der Waals surface area contributed by atoms with E-state index in [0.717, 1.165) is 17.2 Å². The summed E-state index contributed by atoms with van der Waals surface area (Å²) >= 11 is 0. The Labute approximate surface area is 191 Å². The Morgan fingerprint density at radius 2 is 1.09 bits per heavy atom. The third kappa shape index (κ3) is 2.64. The molecule has 154 valence electrons. The average Bonchev–Trinajstić information content (AvgIpc) is 2.89. The number of fused-ring (bicyclic) bond motifs is 2. The summed E-state index contributed by atoms with van der Waals surface area (Å²) in [6.07, 6.45) is 1.85.